The summed E-state index contributed by atoms with van der Waals surface area (Å²) in [7, 11) is 0. The Bertz CT molecular complexity index is 1200. The summed E-state index contributed by atoms with van der Waals surface area (Å²) >= 11 is 1.64. The summed E-state index contributed by atoms with van der Waals surface area (Å²) in [4.78, 5) is 42.1. The number of thiophene rings is 1. The molecule has 158 valence electrons. The van der Waals surface area contributed by atoms with Crippen LogP contribution in [0.5, 0.6) is 0 Å². The molecule has 3 aromatic rings. The molecule has 8 heteroatoms. The Morgan fingerprint density at radius 1 is 1.19 bits per heavy atom. The summed E-state index contributed by atoms with van der Waals surface area (Å²) in [6.45, 7) is 1.40. The fourth-order valence-electron chi connectivity index (χ4n) is 3.75. The Morgan fingerprint density at radius 3 is 2.74 bits per heavy atom. The van der Waals surface area contributed by atoms with Crippen molar-refractivity contribution in [3.05, 3.63) is 63.5 Å². The quantitative estimate of drug-likeness (QED) is 0.604. The molecule has 0 saturated carbocycles. The highest BCUT2D eigenvalue weighted by Gasteiger charge is 2.28. The van der Waals surface area contributed by atoms with E-state index in [1.54, 1.807) is 11.3 Å². The number of esters is 1. The topological polar surface area (TPSA) is 111 Å². The highest BCUT2D eigenvalue weighted by molar-refractivity contribution is 7.10. The van der Waals surface area contributed by atoms with E-state index in [0.29, 0.717) is 22.9 Å². The molecule has 3 amide bonds. The zero-order valence-corrected chi connectivity index (χ0v) is 17.7. The van der Waals surface area contributed by atoms with Gasteiger partial charge in [-0.1, -0.05) is 24.3 Å². The normalized spacial score (nSPS) is 15.3. The van der Waals surface area contributed by atoms with Crippen molar-refractivity contribution in [1.82, 2.24) is 10.3 Å². The SMILES string of the molecule is CC(OC(=O)c1c2c(nc3ccccc13)/C(=C\c1cccs1)CCC2)C(=O)NC(N)=O. The van der Waals surface area contributed by atoms with E-state index in [4.69, 9.17) is 15.5 Å². The van der Waals surface area contributed by atoms with E-state index in [9.17, 15) is 14.4 Å². The number of imide groups is 1. The predicted molar refractivity (Wildman–Crippen MR) is 119 cm³/mol. The van der Waals surface area contributed by atoms with Gasteiger partial charge in [0.25, 0.3) is 5.91 Å². The van der Waals surface area contributed by atoms with Gasteiger partial charge in [0.2, 0.25) is 0 Å². The van der Waals surface area contributed by atoms with Gasteiger partial charge in [0.05, 0.1) is 16.8 Å². The highest BCUT2D eigenvalue weighted by Crippen LogP contribution is 2.37. The predicted octanol–water partition coefficient (Wildman–Crippen LogP) is 3.91. The standard InChI is InChI=1S/C23H21N3O4S/c1-13(21(27)26-23(24)29)30-22(28)19-16-8-2-3-10-18(16)25-20-14(6-4-9-17(19)20)12-15-7-5-11-31-15/h2-3,5,7-8,10-13H,4,6,9H2,1H3,(H3,24,26,27,29)/b14-12-. The van der Waals surface area contributed by atoms with E-state index in [1.165, 1.54) is 6.92 Å². The third-order valence-corrected chi connectivity index (χ3v) is 5.95. The largest absolute Gasteiger partial charge is 0.449 e. The number of hydrogen-bond acceptors (Lipinski definition) is 6. The molecule has 0 saturated heterocycles. The van der Waals surface area contributed by atoms with Crippen LogP contribution in [0.3, 0.4) is 0 Å². The van der Waals surface area contributed by atoms with Crippen LogP contribution in [0.25, 0.3) is 22.6 Å². The number of fused-ring (bicyclic) bond motifs is 2. The van der Waals surface area contributed by atoms with E-state index in [-0.39, 0.29) is 0 Å². The van der Waals surface area contributed by atoms with Gasteiger partial charge < -0.3 is 10.5 Å². The number of nitrogens with two attached hydrogens (primary N) is 1. The number of rotatable bonds is 4. The second-order valence-corrected chi connectivity index (χ2v) is 8.25. The van der Waals surface area contributed by atoms with Gasteiger partial charge in [0.15, 0.2) is 6.10 Å². The minimum atomic E-state index is -1.17. The molecule has 4 rings (SSSR count). The lowest BCUT2D eigenvalue weighted by Gasteiger charge is -2.23. The zero-order valence-electron chi connectivity index (χ0n) is 16.9. The van der Waals surface area contributed by atoms with Gasteiger partial charge in [0.1, 0.15) is 0 Å². The highest BCUT2D eigenvalue weighted by atomic mass is 32.1. The lowest BCUT2D eigenvalue weighted by atomic mass is 9.86. The number of para-hydroxylation sites is 1. The first-order chi connectivity index (χ1) is 14.9. The molecule has 31 heavy (non-hydrogen) atoms. The number of pyridine rings is 1. The first-order valence-corrected chi connectivity index (χ1v) is 10.8. The number of hydrogen-bond donors (Lipinski definition) is 2. The van der Waals surface area contributed by atoms with E-state index >= 15 is 0 Å². The molecule has 1 aliphatic carbocycles. The molecule has 0 bridgehead atoms. The van der Waals surface area contributed by atoms with E-state index in [2.05, 4.69) is 6.08 Å². The van der Waals surface area contributed by atoms with Gasteiger partial charge in [-0.25, -0.2) is 14.6 Å². The number of urea groups is 1. The van der Waals surface area contributed by atoms with Gasteiger partial charge in [-0.2, -0.15) is 0 Å². The Kier molecular flexibility index (Phi) is 5.81. The van der Waals surface area contributed by atoms with Crippen LogP contribution in [0.2, 0.25) is 0 Å². The summed E-state index contributed by atoms with van der Waals surface area (Å²) in [6.07, 6.45) is 3.36. The summed E-state index contributed by atoms with van der Waals surface area (Å²) < 4.78 is 5.41. The molecule has 2 aromatic heterocycles. The number of carbonyl (C=O) groups is 3. The smallest absolute Gasteiger partial charge is 0.339 e. The zero-order chi connectivity index (χ0) is 22.0. The number of aromatic nitrogens is 1. The monoisotopic (exact) mass is 435 g/mol. The second-order valence-electron chi connectivity index (χ2n) is 7.27. The molecule has 1 aliphatic rings. The van der Waals surface area contributed by atoms with Gasteiger partial charge in [0, 0.05) is 10.3 Å². The third kappa shape index (κ3) is 4.34. The molecule has 0 spiro atoms. The summed E-state index contributed by atoms with van der Waals surface area (Å²) in [5, 5.41) is 4.62. The number of allylic oxidation sites excluding steroid dienone is 1. The van der Waals surface area contributed by atoms with Crippen molar-refractivity contribution in [1.29, 1.82) is 0 Å². The van der Waals surface area contributed by atoms with Gasteiger partial charge in [-0.3, -0.25) is 10.1 Å². The molecular formula is C23H21N3O4S. The maximum Gasteiger partial charge on any atom is 0.339 e. The number of carbonyl (C=O) groups excluding carboxylic acids is 3. The first-order valence-electron chi connectivity index (χ1n) is 9.91. The summed E-state index contributed by atoms with van der Waals surface area (Å²) in [6, 6.07) is 10.4. The Labute approximate surface area is 182 Å². The summed E-state index contributed by atoms with van der Waals surface area (Å²) in [5.74, 6) is -1.40. The van der Waals surface area contributed by atoms with E-state index < -0.39 is 24.0 Å². The van der Waals surface area contributed by atoms with Crippen LogP contribution < -0.4 is 11.1 Å². The van der Waals surface area contributed by atoms with Crippen molar-refractivity contribution in [3.63, 3.8) is 0 Å². The fraction of sp³-hybridized carbons (Fsp3) is 0.217. The molecular weight excluding hydrogens is 414 g/mol. The number of primary amides is 1. The van der Waals surface area contributed by atoms with Crippen LogP contribution in [0.1, 0.15) is 46.3 Å². The maximum atomic E-state index is 13.2. The van der Waals surface area contributed by atoms with Crippen LogP contribution in [-0.2, 0) is 16.0 Å². The Morgan fingerprint density at radius 2 is 2.00 bits per heavy atom. The van der Waals surface area contributed by atoms with Crippen molar-refractivity contribution >= 4 is 51.8 Å². The van der Waals surface area contributed by atoms with E-state index in [0.717, 1.165) is 34.5 Å². The minimum absolute atomic E-state index is 0.413. The molecule has 0 radical (unpaired) electrons. The number of benzene rings is 1. The lowest BCUT2D eigenvalue weighted by Crippen LogP contribution is -2.42. The van der Waals surface area contributed by atoms with E-state index in [1.807, 2.05) is 47.1 Å². The maximum absolute atomic E-state index is 13.2. The number of ether oxygens (including phenoxy) is 1. The van der Waals surface area contributed by atoms with Crippen LogP contribution in [0.4, 0.5) is 4.79 Å². The fourth-order valence-corrected chi connectivity index (χ4v) is 4.43. The Hall–Kier alpha value is -3.52. The van der Waals surface area contributed by atoms with Gasteiger partial charge in [-0.15, -0.1) is 11.3 Å². The van der Waals surface area contributed by atoms with Crippen molar-refractivity contribution in [3.8, 4) is 0 Å². The van der Waals surface area contributed by atoms with Crippen molar-refractivity contribution in [2.45, 2.75) is 32.3 Å². The van der Waals surface area contributed by atoms with Crippen LogP contribution >= 0.6 is 11.3 Å². The Balaban J connectivity index is 1.79. The molecule has 3 N–H and O–H groups in total. The molecule has 2 heterocycles. The van der Waals surface area contributed by atoms with Gasteiger partial charge >= 0.3 is 12.0 Å². The molecule has 1 atom stereocenters. The molecule has 1 unspecified atom stereocenters. The molecule has 0 fully saturated rings. The van der Waals surface area contributed by atoms with Gasteiger partial charge in [-0.05, 0) is 60.9 Å². The molecule has 7 nitrogen and oxygen atoms in total. The number of nitrogens with zero attached hydrogens (tertiary/aromatic N) is 1. The average Bonchev–Trinajstić information content (AvgIpc) is 3.25. The summed E-state index contributed by atoms with van der Waals surface area (Å²) in [5.41, 5.74) is 8.76. The molecule has 1 aromatic carbocycles. The minimum Gasteiger partial charge on any atom is -0.449 e. The van der Waals surface area contributed by atoms with Crippen molar-refractivity contribution < 1.29 is 19.1 Å². The first kappa shape index (κ1) is 20.7. The van der Waals surface area contributed by atoms with Crippen LogP contribution in [0.15, 0.2) is 41.8 Å². The third-order valence-electron chi connectivity index (χ3n) is 5.13. The number of amides is 3. The van der Waals surface area contributed by atoms with Crippen molar-refractivity contribution in [2.24, 2.45) is 5.73 Å². The van der Waals surface area contributed by atoms with Crippen LogP contribution in [0, 0.1) is 0 Å². The van der Waals surface area contributed by atoms with Crippen molar-refractivity contribution in [2.75, 3.05) is 0 Å². The molecule has 0 aliphatic heterocycles. The average molecular weight is 436 g/mol. The number of nitrogens with one attached hydrogen (secondary N) is 1. The second kappa shape index (κ2) is 8.69. The van der Waals surface area contributed by atoms with Crippen LogP contribution in [-0.4, -0.2) is 29.0 Å². The lowest BCUT2D eigenvalue weighted by molar-refractivity contribution is -0.127.